The summed E-state index contributed by atoms with van der Waals surface area (Å²) in [6.07, 6.45) is 1.19. The number of hydrogen-bond acceptors (Lipinski definition) is 5. The number of anilines is 1. The van der Waals surface area contributed by atoms with E-state index in [1.165, 1.54) is 13.1 Å². The molecule has 0 aromatic carbocycles. The number of carbonyl (C=O) groups excluding carboxylic acids is 1. The van der Waals surface area contributed by atoms with Crippen LogP contribution < -0.4 is 4.90 Å². The van der Waals surface area contributed by atoms with E-state index >= 15 is 0 Å². The smallest absolute Gasteiger partial charge is 0.341 e. The Morgan fingerprint density at radius 1 is 1.32 bits per heavy atom. The van der Waals surface area contributed by atoms with Gasteiger partial charge in [0.05, 0.1) is 17.9 Å². The monoisotopic (exact) mass is 313 g/mol. The highest BCUT2D eigenvalue weighted by atomic mass is 19.3. The normalized spacial score (nSPS) is 10.3. The second kappa shape index (κ2) is 8.41. The lowest BCUT2D eigenvalue weighted by Gasteiger charge is -2.12. The molecule has 0 aliphatic rings. The molecule has 0 aliphatic carbocycles. The fraction of sp³-hybridized carbons (Fsp3) is 0.533. The van der Waals surface area contributed by atoms with Crippen LogP contribution in [0.5, 0.6) is 0 Å². The van der Waals surface area contributed by atoms with Gasteiger partial charge in [-0.1, -0.05) is 0 Å². The lowest BCUT2D eigenvalue weighted by Crippen LogP contribution is -2.16. The highest BCUT2D eigenvalue weighted by molar-refractivity contribution is 5.90. The van der Waals surface area contributed by atoms with Gasteiger partial charge in [0.1, 0.15) is 0 Å². The van der Waals surface area contributed by atoms with Gasteiger partial charge in [-0.15, -0.1) is 0 Å². The van der Waals surface area contributed by atoms with Gasteiger partial charge in [-0.05, 0) is 38.7 Å². The SMILES string of the molecule is CC(CCCCOC(=O)c1cnc(N(C)C)nc1C)=C(F)F. The maximum Gasteiger partial charge on any atom is 0.341 e. The number of nitrogens with zero attached hydrogens (tertiary/aromatic N) is 3. The van der Waals surface area contributed by atoms with E-state index in [-0.39, 0.29) is 12.2 Å². The molecule has 7 heteroatoms. The lowest BCUT2D eigenvalue weighted by atomic mass is 10.1. The average Bonchev–Trinajstić information content (AvgIpc) is 2.45. The Labute approximate surface area is 129 Å². The van der Waals surface area contributed by atoms with Crippen molar-refractivity contribution in [3.05, 3.63) is 29.1 Å². The van der Waals surface area contributed by atoms with Crippen molar-refractivity contribution in [3.63, 3.8) is 0 Å². The van der Waals surface area contributed by atoms with Gasteiger partial charge in [0.15, 0.2) is 0 Å². The number of allylic oxidation sites excluding steroid dienone is 1. The number of aryl methyl sites for hydroxylation is 1. The van der Waals surface area contributed by atoms with Gasteiger partial charge in [-0.25, -0.2) is 14.8 Å². The van der Waals surface area contributed by atoms with E-state index in [9.17, 15) is 13.6 Å². The minimum absolute atomic E-state index is 0.0786. The number of hydrogen-bond donors (Lipinski definition) is 0. The summed E-state index contributed by atoms with van der Waals surface area (Å²) in [6.45, 7) is 3.30. The molecule has 0 unspecified atom stereocenters. The molecule has 0 aliphatic heterocycles. The van der Waals surface area contributed by atoms with Crippen molar-refractivity contribution < 1.29 is 18.3 Å². The Morgan fingerprint density at radius 2 is 2.00 bits per heavy atom. The van der Waals surface area contributed by atoms with Crippen LogP contribution >= 0.6 is 0 Å². The summed E-state index contributed by atoms with van der Waals surface area (Å²) in [7, 11) is 3.62. The van der Waals surface area contributed by atoms with E-state index in [2.05, 4.69) is 9.97 Å². The molecule has 0 amide bonds. The second-order valence-electron chi connectivity index (χ2n) is 5.20. The summed E-state index contributed by atoms with van der Waals surface area (Å²) >= 11 is 0. The predicted octanol–water partition coefficient (Wildman–Crippen LogP) is 3.35. The minimum atomic E-state index is -1.63. The maximum absolute atomic E-state index is 12.2. The Bertz CT molecular complexity index is 556. The van der Waals surface area contributed by atoms with Gasteiger partial charge in [0.2, 0.25) is 5.95 Å². The van der Waals surface area contributed by atoms with Crippen molar-refractivity contribution in [2.24, 2.45) is 0 Å². The van der Waals surface area contributed by atoms with Crippen molar-refractivity contribution in [1.29, 1.82) is 0 Å². The van der Waals surface area contributed by atoms with E-state index in [0.717, 1.165) is 0 Å². The van der Waals surface area contributed by atoms with Crippen molar-refractivity contribution in [3.8, 4) is 0 Å². The van der Waals surface area contributed by atoms with Crippen LogP contribution in [-0.2, 0) is 4.74 Å². The molecule has 122 valence electrons. The number of halogens is 2. The van der Waals surface area contributed by atoms with Crippen molar-refractivity contribution in [2.45, 2.75) is 33.1 Å². The van der Waals surface area contributed by atoms with Crippen LogP contribution in [0.2, 0.25) is 0 Å². The Kier molecular flexibility index (Phi) is 6.88. The largest absolute Gasteiger partial charge is 0.462 e. The summed E-state index contributed by atoms with van der Waals surface area (Å²) in [5, 5.41) is 0. The molecule has 1 heterocycles. The van der Waals surface area contributed by atoms with Crippen molar-refractivity contribution in [1.82, 2.24) is 9.97 Å². The molecule has 1 rings (SSSR count). The number of ether oxygens (including phenoxy) is 1. The highest BCUT2D eigenvalue weighted by Gasteiger charge is 2.13. The Morgan fingerprint density at radius 3 is 2.55 bits per heavy atom. The number of esters is 1. The van der Waals surface area contributed by atoms with Crippen LogP contribution in [0.1, 0.15) is 42.2 Å². The highest BCUT2D eigenvalue weighted by Crippen LogP contribution is 2.14. The third-order valence-electron chi connectivity index (χ3n) is 3.09. The number of carbonyl (C=O) groups is 1. The first-order chi connectivity index (χ1) is 10.3. The van der Waals surface area contributed by atoms with E-state index in [4.69, 9.17) is 4.74 Å². The molecule has 0 bridgehead atoms. The van der Waals surface area contributed by atoms with Gasteiger partial charge < -0.3 is 9.64 Å². The zero-order chi connectivity index (χ0) is 16.7. The minimum Gasteiger partial charge on any atom is -0.462 e. The molecular formula is C15H21F2N3O2. The lowest BCUT2D eigenvalue weighted by molar-refractivity contribution is 0.0496. The zero-order valence-electron chi connectivity index (χ0n) is 13.3. The first kappa shape index (κ1) is 18.0. The Balaban J connectivity index is 2.45. The first-order valence-electron chi connectivity index (χ1n) is 7.01. The predicted molar refractivity (Wildman–Crippen MR) is 80.1 cm³/mol. The molecule has 22 heavy (non-hydrogen) atoms. The number of rotatable bonds is 7. The van der Waals surface area contributed by atoms with Crippen LogP contribution in [-0.4, -0.2) is 36.6 Å². The standard InChI is InChI=1S/C15H21F2N3O2/c1-10(13(16)17)7-5-6-8-22-14(21)12-9-18-15(20(3)4)19-11(12)2/h9H,5-8H2,1-4H3. The third-order valence-corrected chi connectivity index (χ3v) is 3.09. The first-order valence-corrected chi connectivity index (χ1v) is 7.01. The third kappa shape index (κ3) is 5.38. The summed E-state index contributed by atoms with van der Waals surface area (Å²) < 4.78 is 29.5. The van der Waals surface area contributed by atoms with Crippen molar-refractivity contribution >= 4 is 11.9 Å². The molecule has 0 spiro atoms. The van der Waals surface area contributed by atoms with Gasteiger partial charge >= 0.3 is 5.97 Å². The fourth-order valence-electron chi connectivity index (χ4n) is 1.70. The zero-order valence-corrected chi connectivity index (χ0v) is 13.3. The quantitative estimate of drug-likeness (QED) is 0.571. The molecule has 1 aromatic heterocycles. The number of aromatic nitrogens is 2. The molecule has 0 atom stereocenters. The molecule has 0 N–H and O–H groups in total. The second-order valence-corrected chi connectivity index (χ2v) is 5.20. The van der Waals surface area contributed by atoms with Crippen molar-refractivity contribution in [2.75, 3.05) is 25.6 Å². The molecular weight excluding hydrogens is 292 g/mol. The molecule has 1 aromatic rings. The molecule has 0 saturated carbocycles. The van der Waals surface area contributed by atoms with E-state index < -0.39 is 12.0 Å². The topological polar surface area (TPSA) is 55.3 Å². The molecule has 0 fully saturated rings. The summed E-state index contributed by atoms with van der Waals surface area (Å²) in [5.74, 6) is 0.0244. The molecule has 5 nitrogen and oxygen atoms in total. The Hall–Kier alpha value is -2.05. The van der Waals surface area contributed by atoms with Gasteiger partial charge in [-0.3, -0.25) is 0 Å². The molecule has 0 saturated heterocycles. The van der Waals surface area contributed by atoms with Crippen LogP contribution in [0.15, 0.2) is 17.9 Å². The fourth-order valence-corrected chi connectivity index (χ4v) is 1.70. The van der Waals surface area contributed by atoms with E-state index in [1.807, 2.05) is 14.1 Å². The van der Waals surface area contributed by atoms with Crippen LogP contribution in [0, 0.1) is 6.92 Å². The van der Waals surface area contributed by atoms with Gasteiger partial charge in [0.25, 0.3) is 6.08 Å². The average molecular weight is 313 g/mol. The van der Waals surface area contributed by atoms with E-state index in [0.29, 0.717) is 36.5 Å². The summed E-state index contributed by atoms with van der Waals surface area (Å²) in [6, 6.07) is 0. The summed E-state index contributed by atoms with van der Waals surface area (Å²) in [5.41, 5.74) is 0.938. The van der Waals surface area contributed by atoms with Crippen LogP contribution in [0.4, 0.5) is 14.7 Å². The van der Waals surface area contributed by atoms with Crippen LogP contribution in [0.25, 0.3) is 0 Å². The summed E-state index contributed by atoms with van der Waals surface area (Å²) in [4.78, 5) is 21.9. The van der Waals surface area contributed by atoms with Gasteiger partial charge in [0, 0.05) is 20.3 Å². The van der Waals surface area contributed by atoms with Crippen LogP contribution in [0.3, 0.4) is 0 Å². The van der Waals surface area contributed by atoms with E-state index in [1.54, 1.807) is 11.8 Å². The van der Waals surface area contributed by atoms with Gasteiger partial charge in [-0.2, -0.15) is 8.78 Å². The maximum atomic E-state index is 12.2. The molecule has 0 radical (unpaired) electrons. The number of unbranched alkanes of at least 4 members (excludes halogenated alkanes) is 1.